The first-order valence-corrected chi connectivity index (χ1v) is 8.24. The number of carbonyl (C=O) groups is 1. The molecule has 2 aromatic rings. The Kier molecular flexibility index (Phi) is 3.79. The zero-order chi connectivity index (χ0) is 17.6. The molecule has 0 saturated carbocycles. The molecule has 1 fully saturated rings. The third-order valence-corrected chi connectivity index (χ3v) is 4.88. The average molecular weight is 344 g/mol. The molecule has 3 heterocycles. The number of hydrogen-bond acceptors (Lipinski definition) is 8. The fourth-order valence-electron chi connectivity index (χ4n) is 3.77. The summed E-state index contributed by atoms with van der Waals surface area (Å²) in [7, 11) is 0. The lowest BCUT2D eigenvalue weighted by Gasteiger charge is -2.25. The molecule has 0 amide bonds. The Morgan fingerprint density at radius 3 is 2.84 bits per heavy atom. The standard InChI is InChI=1S/C16H20N6O3/c1-8(23)24-6-11-9-4-2-3-5-10(9)15(25-11)22-7-19-12-13(17)20-16(18)21-14(12)22/h2-3,7,9-11,15H,4-6H2,1H3,(H4,17,18,20,21)/t9-,10+,11+,15-/m0/s1. The van der Waals surface area contributed by atoms with Crippen LogP contribution in [0, 0.1) is 11.8 Å². The monoisotopic (exact) mass is 344 g/mol. The van der Waals surface area contributed by atoms with Crippen LogP contribution in [0.2, 0.25) is 0 Å². The first-order valence-electron chi connectivity index (χ1n) is 8.24. The van der Waals surface area contributed by atoms with Crippen molar-refractivity contribution in [3.63, 3.8) is 0 Å². The number of ether oxygens (including phenoxy) is 2. The van der Waals surface area contributed by atoms with Gasteiger partial charge < -0.3 is 20.9 Å². The zero-order valence-electron chi connectivity index (χ0n) is 13.8. The Morgan fingerprint density at radius 2 is 2.08 bits per heavy atom. The second-order valence-electron chi connectivity index (χ2n) is 6.43. The number of nitrogen functional groups attached to an aromatic ring is 2. The maximum absolute atomic E-state index is 11.2. The predicted molar refractivity (Wildman–Crippen MR) is 90.0 cm³/mol. The van der Waals surface area contributed by atoms with Gasteiger partial charge in [-0.2, -0.15) is 9.97 Å². The Bertz CT molecular complexity index is 848. The van der Waals surface area contributed by atoms with Crippen LogP contribution in [0.1, 0.15) is 26.0 Å². The van der Waals surface area contributed by atoms with Crippen molar-refractivity contribution in [1.82, 2.24) is 19.5 Å². The minimum Gasteiger partial charge on any atom is -0.463 e. The molecule has 9 heteroatoms. The lowest BCUT2D eigenvalue weighted by Crippen LogP contribution is -2.27. The molecule has 0 aromatic carbocycles. The summed E-state index contributed by atoms with van der Waals surface area (Å²) in [4.78, 5) is 23.7. The van der Waals surface area contributed by atoms with Crippen LogP contribution in [0.25, 0.3) is 11.2 Å². The largest absolute Gasteiger partial charge is 0.463 e. The van der Waals surface area contributed by atoms with Gasteiger partial charge in [-0.3, -0.25) is 9.36 Å². The number of carbonyl (C=O) groups excluding carboxylic acids is 1. The van der Waals surface area contributed by atoms with Gasteiger partial charge in [-0.25, -0.2) is 4.98 Å². The van der Waals surface area contributed by atoms with E-state index in [1.807, 2.05) is 4.57 Å². The van der Waals surface area contributed by atoms with E-state index in [9.17, 15) is 4.79 Å². The molecule has 0 radical (unpaired) electrons. The van der Waals surface area contributed by atoms with Crippen molar-refractivity contribution in [3.05, 3.63) is 18.5 Å². The molecule has 0 bridgehead atoms. The fraction of sp³-hybridized carbons (Fsp3) is 0.500. The number of allylic oxidation sites excluding steroid dienone is 2. The molecule has 0 unspecified atom stereocenters. The molecule has 0 spiro atoms. The number of imidazole rings is 1. The fourth-order valence-corrected chi connectivity index (χ4v) is 3.77. The number of fused-ring (bicyclic) bond motifs is 2. The van der Waals surface area contributed by atoms with Crippen LogP contribution >= 0.6 is 0 Å². The highest BCUT2D eigenvalue weighted by Crippen LogP contribution is 2.46. The van der Waals surface area contributed by atoms with Gasteiger partial charge in [0.15, 0.2) is 11.5 Å². The van der Waals surface area contributed by atoms with Crippen molar-refractivity contribution in [2.24, 2.45) is 11.8 Å². The number of esters is 1. The Hall–Kier alpha value is -2.68. The molecule has 25 heavy (non-hydrogen) atoms. The maximum Gasteiger partial charge on any atom is 0.302 e. The Balaban J connectivity index is 1.70. The molecule has 9 nitrogen and oxygen atoms in total. The molecule has 1 saturated heterocycles. The van der Waals surface area contributed by atoms with Gasteiger partial charge in [-0.05, 0) is 18.8 Å². The van der Waals surface area contributed by atoms with E-state index < -0.39 is 0 Å². The van der Waals surface area contributed by atoms with Gasteiger partial charge in [0.05, 0.1) is 12.4 Å². The molecule has 4 N–H and O–H groups in total. The van der Waals surface area contributed by atoms with E-state index >= 15 is 0 Å². The van der Waals surface area contributed by atoms with Gasteiger partial charge in [0, 0.05) is 12.8 Å². The van der Waals surface area contributed by atoms with E-state index in [-0.39, 0.29) is 48.5 Å². The summed E-state index contributed by atoms with van der Waals surface area (Å²) < 4.78 is 13.3. The summed E-state index contributed by atoms with van der Waals surface area (Å²) in [5.74, 6) is 0.539. The molecule has 1 aliphatic heterocycles. The number of rotatable bonds is 3. The summed E-state index contributed by atoms with van der Waals surface area (Å²) >= 11 is 0. The van der Waals surface area contributed by atoms with E-state index in [0.29, 0.717) is 11.2 Å². The predicted octanol–water partition coefficient (Wildman–Crippen LogP) is 1.03. The maximum atomic E-state index is 11.2. The van der Waals surface area contributed by atoms with Crippen LogP contribution < -0.4 is 11.5 Å². The highest BCUT2D eigenvalue weighted by molar-refractivity contribution is 5.82. The molecule has 2 aromatic heterocycles. The summed E-state index contributed by atoms with van der Waals surface area (Å²) in [5, 5.41) is 0. The molecule has 1 aliphatic carbocycles. The minimum atomic E-state index is -0.309. The van der Waals surface area contributed by atoms with E-state index in [0.717, 1.165) is 12.8 Å². The normalized spacial score (nSPS) is 28.2. The number of anilines is 2. The number of hydrogen-bond donors (Lipinski definition) is 2. The lowest BCUT2D eigenvalue weighted by atomic mass is 9.81. The second kappa shape index (κ2) is 5.99. The van der Waals surface area contributed by atoms with E-state index in [1.165, 1.54) is 6.92 Å². The Morgan fingerprint density at radius 1 is 1.32 bits per heavy atom. The summed E-state index contributed by atoms with van der Waals surface area (Å²) in [5.41, 5.74) is 12.7. The third-order valence-electron chi connectivity index (χ3n) is 4.88. The van der Waals surface area contributed by atoms with Crippen molar-refractivity contribution in [2.45, 2.75) is 32.1 Å². The van der Waals surface area contributed by atoms with Gasteiger partial charge >= 0.3 is 5.97 Å². The molecular formula is C16H20N6O3. The SMILES string of the molecule is CC(=O)OC[C@H]1O[C@H](n2cnc3c(N)nc(N)nc32)[C@@H]2CC=CC[C@@H]21. The first-order chi connectivity index (χ1) is 12.0. The summed E-state index contributed by atoms with van der Waals surface area (Å²) in [6.45, 7) is 1.64. The van der Waals surface area contributed by atoms with Crippen molar-refractivity contribution >= 4 is 28.9 Å². The second-order valence-corrected chi connectivity index (χ2v) is 6.43. The van der Waals surface area contributed by atoms with Crippen LogP contribution in [0.5, 0.6) is 0 Å². The van der Waals surface area contributed by atoms with E-state index in [4.69, 9.17) is 20.9 Å². The molecule has 132 valence electrons. The number of nitrogens with two attached hydrogens (primary N) is 2. The van der Waals surface area contributed by atoms with Crippen molar-refractivity contribution in [2.75, 3.05) is 18.1 Å². The first kappa shape index (κ1) is 15.8. The highest BCUT2D eigenvalue weighted by atomic mass is 16.6. The topological polar surface area (TPSA) is 131 Å². The van der Waals surface area contributed by atoms with E-state index in [2.05, 4.69) is 27.1 Å². The van der Waals surface area contributed by atoms with Crippen LogP contribution in [-0.2, 0) is 14.3 Å². The smallest absolute Gasteiger partial charge is 0.302 e. The van der Waals surface area contributed by atoms with Crippen molar-refractivity contribution in [3.8, 4) is 0 Å². The molecule has 4 rings (SSSR count). The molecule has 2 aliphatic rings. The quantitative estimate of drug-likeness (QED) is 0.623. The van der Waals surface area contributed by atoms with Gasteiger partial charge in [-0.15, -0.1) is 0 Å². The summed E-state index contributed by atoms with van der Waals surface area (Å²) in [6, 6.07) is 0. The van der Waals surface area contributed by atoms with Crippen molar-refractivity contribution < 1.29 is 14.3 Å². The van der Waals surface area contributed by atoms with Crippen LogP contribution in [0.3, 0.4) is 0 Å². The average Bonchev–Trinajstić information content (AvgIpc) is 3.14. The van der Waals surface area contributed by atoms with Crippen LogP contribution in [-0.4, -0.2) is 38.2 Å². The van der Waals surface area contributed by atoms with Crippen LogP contribution in [0.4, 0.5) is 11.8 Å². The van der Waals surface area contributed by atoms with E-state index in [1.54, 1.807) is 6.33 Å². The Labute approximate surface area is 144 Å². The molecule has 4 atom stereocenters. The lowest BCUT2D eigenvalue weighted by molar-refractivity contribution is -0.146. The zero-order valence-corrected chi connectivity index (χ0v) is 13.8. The van der Waals surface area contributed by atoms with Gasteiger partial charge in [0.25, 0.3) is 0 Å². The van der Waals surface area contributed by atoms with Gasteiger partial charge in [-0.1, -0.05) is 12.2 Å². The van der Waals surface area contributed by atoms with Gasteiger partial charge in [0.2, 0.25) is 5.95 Å². The highest BCUT2D eigenvalue weighted by Gasteiger charge is 2.46. The number of aromatic nitrogens is 4. The molecular weight excluding hydrogens is 324 g/mol. The van der Waals surface area contributed by atoms with Gasteiger partial charge in [0.1, 0.15) is 18.4 Å². The van der Waals surface area contributed by atoms with Crippen LogP contribution in [0.15, 0.2) is 18.5 Å². The summed E-state index contributed by atoms with van der Waals surface area (Å²) in [6.07, 6.45) is 7.29. The third kappa shape index (κ3) is 2.70. The minimum absolute atomic E-state index is 0.0984. The van der Waals surface area contributed by atoms with Crippen molar-refractivity contribution in [1.29, 1.82) is 0 Å². The number of nitrogens with zero attached hydrogens (tertiary/aromatic N) is 4.